The van der Waals surface area contributed by atoms with E-state index in [2.05, 4.69) is 328 Å². The SMILES string of the molecule is C(=C(c1ccccc1)c1ccccc1)c1cc(-c2ccccc2)cc(-c2c3ccccc3c(-c3cc(C=C(c4ccccc4)c4ccccc4)cc(-c4ccccc4)c3)c3cc(-c4ccccc4-c4ccccc4)ccc23)c1. The fourth-order valence-corrected chi connectivity index (χ4v) is 11.4. The second kappa shape index (κ2) is 21.6. The first kappa shape index (κ1) is 47.6. The van der Waals surface area contributed by atoms with Crippen molar-refractivity contribution in [1.82, 2.24) is 0 Å². The Kier molecular flexibility index (Phi) is 13.2. The van der Waals surface area contributed by atoms with Gasteiger partial charge in [-0.25, -0.2) is 0 Å². The summed E-state index contributed by atoms with van der Waals surface area (Å²) >= 11 is 0. The molecule has 0 unspecified atom stereocenters. The Morgan fingerprint density at radius 2 is 0.500 bits per heavy atom. The minimum atomic E-state index is 1.13. The van der Waals surface area contributed by atoms with Crippen molar-refractivity contribution < 1.29 is 0 Å². The third-order valence-corrected chi connectivity index (χ3v) is 15.0. The molecule has 0 bridgehead atoms. The van der Waals surface area contributed by atoms with Crippen LogP contribution < -0.4 is 0 Å². The molecule has 0 radical (unpaired) electrons. The van der Waals surface area contributed by atoms with Crippen LogP contribution in [0.3, 0.4) is 0 Å². The van der Waals surface area contributed by atoms with Crippen molar-refractivity contribution in [1.29, 1.82) is 0 Å². The van der Waals surface area contributed by atoms with E-state index in [1.165, 1.54) is 93.9 Å². The number of rotatable bonds is 12. The molecule has 0 heterocycles. The zero-order valence-electron chi connectivity index (χ0n) is 43.2. The standard InChI is InChI=1S/C78H54/c1-8-26-57(27-9-1)65-46-55(50-74(60-32-14-4-15-33-60)61-34-16-5-17-35-61)48-67(52-65)77-71-42-24-25-43-72(71)78(76-54-64(44-45-73(76)77)70-41-23-22-40-69(70)59-30-12-3-13-31-59)68-49-56(47-66(53-68)58-28-10-2-11-29-58)51-75(62-36-18-6-19-37-62)63-38-20-7-21-39-63/h1-54H. The lowest BCUT2D eigenvalue weighted by atomic mass is 9.82. The Bertz CT molecular complexity index is 4210. The van der Waals surface area contributed by atoms with Gasteiger partial charge in [0.1, 0.15) is 0 Å². The number of hydrogen-bond acceptors (Lipinski definition) is 0. The summed E-state index contributed by atoms with van der Waals surface area (Å²) in [6.07, 6.45) is 4.76. The Morgan fingerprint density at radius 1 is 0.192 bits per heavy atom. The molecule has 0 fully saturated rings. The van der Waals surface area contributed by atoms with E-state index >= 15 is 0 Å². The summed E-state index contributed by atoms with van der Waals surface area (Å²) in [7, 11) is 0. The quantitative estimate of drug-likeness (QED) is 0.0845. The van der Waals surface area contributed by atoms with Crippen LogP contribution in [-0.4, -0.2) is 0 Å². The maximum absolute atomic E-state index is 2.47. The fourth-order valence-electron chi connectivity index (χ4n) is 11.4. The molecule has 0 heteroatoms. The molecule has 0 nitrogen and oxygen atoms in total. The third-order valence-electron chi connectivity index (χ3n) is 15.0. The highest BCUT2D eigenvalue weighted by molar-refractivity contribution is 6.22. The Hall–Kier alpha value is -10.1. The van der Waals surface area contributed by atoms with E-state index in [0.29, 0.717) is 0 Å². The van der Waals surface area contributed by atoms with E-state index in [0.717, 1.165) is 38.9 Å². The predicted molar refractivity (Wildman–Crippen MR) is 334 cm³/mol. The van der Waals surface area contributed by atoms with Gasteiger partial charge in [0.15, 0.2) is 0 Å². The molecular formula is C78H54. The lowest BCUT2D eigenvalue weighted by Crippen LogP contribution is -1.95. The van der Waals surface area contributed by atoms with Crippen LogP contribution in [0.15, 0.2) is 315 Å². The van der Waals surface area contributed by atoms with Crippen molar-refractivity contribution in [2.24, 2.45) is 0 Å². The van der Waals surface area contributed by atoms with E-state index in [9.17, 15) is 0 Å². The summed E-state index contributed by atoms with van der Waals surface area (Å²) in [6, 6.07) is 115. The van der Waals surface area contributed by atoms with Crippen molar-refractivity contribution in [2.45, 2.75) is 0 Å². The van der Waals surface area contributed by atoms with Crippen LogP contribution in [0.4, 0.5) is 0 Å². The molecule has 0 spiro atoms. The maximum atomic E-state index is 2.47. The smallest absolute Gasteiger partial charge is 0.00257 e. The minimum Gasteiger partial charge on any atom is -0.0622 e. The van der Waals surface area contributed by atoms with Gasteiger partial charge in [0.2, 0.25) is 0 Å². The molecule has 78 heavy (non-hydrogen) atoms. The largest absolute Gasteiger partial charge is 0.0622 e. The normalized spacial score (nSPS) is 11.1. The van der Waals surface area contributed by atoms with Crippen molar-refractivity contribution in [2.75, 3.05) is 0 Å². The van der Waals surface area contributed by atoms with E-state index < -0.39 is 0 Å². The molecule has 366 valence electrons. The first-order chi connectivity index (χ1) is 38.7. The molecule has 0 aliphatic heterocycles. The van der Waals surface area contributed by atoms with Crippen LogP contribution >= 0.6 is 0 Å². The third kappa shape index (κ3) is 9.72. The second-order valence-corrected chi connectivity index (χ2v) is 20.0. The first-order valence-electron chi connectivity index (χ1n) is 26.9. The lowest BCUT2D eigenvalue weighted by Gasteiger charge is -2.21. The minimum absolute atomic E-state index is 1.13. The number of benzene rings is 13. The summed E-state index contributed by atoms with van der Waals surface area (Å²) in [4.78, 5) is 0. The van der Waals surface area contributed by atoms with Crippen LogP contribution in [0.5, 0.6) is 0 Å². The van der Waals surface area contributed by atoms with Crippen LogP contribution in [0, 0.1) is 0 Å². The molecule has 0 N–H and O–H groups in total. The van der Waals surface area contributed by atoms with Gasteiger partial charge >= 0.3 is 0 Å². The van der Waals surface area contributed by atoms with Gasteiger partial charge in [0, 0.05) is 0 Å². The van der Waals surface area contributed by atoms with Gasteiger partial charge in [0.05, 0.1) is 0 Å². The van der Waals surface area contributed by atoms with Gasteiger partial charge in [-0.1, -0.05) is 273 Å². The van der Waals surface area contributed by atoms with Gasteiger partial charge < -0.3 is 0 Å². The molecular weight excluding hydrogens is 937 g/mol. The van der Waals surface area contributed by atoms with Gasteiger partial charge in [-0.2, -0.15) is 0 Å². The molecule has 13 rings (SSSR count). The van der Waals surface area contributed by atoms with Crippen LogP contribution in [-0.2, 0) is 0 Å². The second-order valence-electron chi connectivity index (χ2n) is 20.0. The molecule has 0 aromatic heterocycles. The number of fused-ring (bicyclic) bond motifs is 2. The zero-order valence-corrected chi connectivity index (χ0v) is 43.2. The topological polar surface area (TPSA) is 0 Å². The average molecular weight is 991 g/mol. The van der Waals surface area contributed by atoms with E-state index in [1.807, 2.05) is 0 Å². The van der Waals surface area contributed by atoms with E-state index in [-0.39, 0.29) is 0 Å². The summed E-state index contributed by atoms with van der Waals surface area (Å²) in [6.45, 7) is 0. The Balaban J connectivity index is 1.12. The van der Waals surface area contributed by atoms with E-state index in [1.54, 1.807) is 0 Å². The molecule has 0 amide bonds. The molecule has 0 aliphatic carbocycles. The summed E-state index contributed by atoms with van der Waals surface area (Å²) < 4.78 is 0. The molecule has 13 aromatic rings. The zero-order chi connectivity index (χ0) is 52.0. The molecule has 0 saturated carbocycles. The summed E-state index contributed by atoms with van der Waals surface area (Å²) in [5.74, 6) is 0. The monoisotopic (exact) mass is 990 g/mol. The molecule has 0 atom stereocenters. The van der Waals surface area contributed by atoms with Crippen LogP contribution in [0.1, 0.15) is 33.4 Å². The average Bonchev–Trinajstić information content (AvgIpc) is 3.71. The highest BCUT2D eigenvalue weighted by atomic mass is 14.2. The van der Waals surface area contributed by atoms with Crippen LogP contribution in [0.2, 0.25) is 0 Å². The molecule has 13 aromatic carbocycles. The lowest BCUT2D eigenvalue weighted by molar-refractivity contribution is 1.54. The first-order valence-corrected chi connectivity index (χ1v) is 26.9. The van der Waals surface area contributed by atoms with Gasteiger partial charge in [-0.15, -0.1) is 0 Å². The highest BCUT2D eigenvalue weighted by Crippen LogP contribution is 2.48. The fraction of sp³-hybridized carbons (Fsp3) is 0. The van der Waals surface area contributed by atoms with Gasteiger partial charge in [-0.3, -0.25) is 0 Å². The Labute approximate surface area is 457 Å². The number of hydrogen-bond donors (Lipinski definition) is 0. The van der Waals surface area contributed by atoms with E-state index in [4.69, 9.17) is 0 Å². The predicted octanol–water partition coefficient (Wildman–Crippen LogP) is 21.2. The van der Waals surface area contributed by atoms with Gasteiger partial charge in [0.25, 0.3) is 0 Å². The maximum Gasteiger partial charge on any atom is -0.00257 e. The van der Waals surface area contributed by atoms with Crippen LogP contribution in [0.25, 0.3) is 112 Å². The summed E-state index contributed by atoms with van der Waals surface area (Å²) in [5, 5.41) is 4.76. The van der Waals surface area contributed by atoms with Gasteiger partial charge in [-0.05, 0) is 187 Å². The van der Waals surface area contributed by atoms with Crippen molar-refractivity contribution in [3.63, 3.8) is 0 Å². The molecule has 0 aliphatic rings. The Morgan fingerprint density at radius 3 is 0.910 bits per heavy atom. The van der Waals surface area contributed by atoms with Crippen molar-refractivity contribution in [3.05, 3.63) is 349 Å². The summed E-state index contributed by atoms with van der Waals surface area (Å²) in [5.41, 5.74) is 23.4. The van der Waals surface area contributed by atoms with Crippen molar-refractivity contribution in [3.8, 4) is 66.8 Å². The highest BCUT2D eigenvalue weighted by Gasteiger charge is 2.21. The van der Waals surface area contributed by atoms with Crippen molar-refractivity contribution >= 4 is 44.8 Å². The molecule has 0 saturated heterocycles.